The first-order chi connectivity index (χ1) is 7.22. The summed E-state index contributed by atoms with van der Waals surface area (Å²) in [4.78, 5) is 4.26. The predicted octanol–water partition coefficient (Wildman–Crippen LogP) is 3.43. The van der Waals surface area contributed by atoms with Crippen molar-refractivity contribution in [1.82, 2.24) is 4.98 Å². The van der Waals surface area contributed by atoms with E-state index in [2.05, 4.69) is 32.9 Å². The highest BCUT2D eigenvalue weighted by atomic mass is 79.9. The Morgan fingerprint density at radius 1 is 1.67 bits per heavy atom. The van der Waals surface area contributed by atoms with Crippen LogP contribution in [0.4, 0.5) is 5.82 Å². The molecule has 1 unspecified atom stereocenters. The molecule has 0 spiro atoms. The second-order valence-corrected chi connectivity index (χ2v) is 4.72. The van der Waals surface area contributed by atoms with E-state index in [1.807, 2.05) is 17.1 Å². The van der Waals surface area contributed by atoms with Crippen LogP contribution in [0.15, 0.2) is 23.4 Å². The summed E-state index contributed by atoms with van der Waals surface area (Å²) in [6.07, 6.45) is 3.67. The van der Waals surface area contributed by atoms with Crippen LogP contribution in [0.3, 0.4) is 0 Å². The summed E-state index contributed by atoms with van der Waals surface area (Å²) in [6, 6.07) is 4.01. The number of rotatable bonds is 2. The maximum Gasteiger partial charge on any atom is 0.168 e. The van der Waals surface area contributed by atoms with Gasteiger partial charge in [0.1, 0.15) is 4.62 Å². The van der Waals surface area contributed by atoms with Gasteiger partial charge in [-0.1, -0.05) is 18.5 Å². The van der Waals surface area contributed by atoms with Crippen molar-refractivity contribution in [2.75, 3.05) is 5.01 Å². The summed E-state index contributed by atoms with van der Waals surface area (Å²) in [6.45, 7) is 2.13. The van der Waals surface area contributed by atoms with Crippen LogP contribution in [0, 0.1) is 0 Å². The lowest BCUT2D eigenvalue weighted by atomic mass is 10.2. The monoisotopic (exact) mass is 287 g/mol. The number of anilines is 1. The quantitative estimate of drug-likeness (QED) is 0.834. The summed E-state index contributed by atoms with van der Waals surface area (Å²) in [5.41, 5.74) is 0. The Hall–Kier alpha value is -0.610. The summed E-state index contributed by atoms with van der Waals surface area (Å²) in [5, 5.41) is 6.93. The molecule has 1 aliphatic rings. The van der Waals surface area contributed by atoms with E-state index in [9.17, 15) is 0 Å². The highest BCUT2D eigenvalue weighted by Gasteiger charge is 2.27. The number of hydrogen-bond donors (Lipinski definition) is 0. The molecule has 80 valence electrons. The zero-order chi connectivity index (χ0) is 10.8. The van der Waals surface area contributed by atoms with Crippen LogP contribution < -0.4 is 5.01 Å². The lowest BCUT2D eigenvalue weighted by Gasteiger charge is -2.21. The molecule has 0 saturated carbocycles. The standard InChI is InChI=1S/C10H11BrClN3/c1-2-7-6-9(11)14-15(7)10-8(12)4-3-5-13-10/h3-5,7H,2,6H2,1H3. The first kappa shape index (κ1) is 10.9. The van der Waals surface area contributed by atoms with E-state index in [4.69, 9.17) is 11.6 Å². The topological polar surface area (TPSA) is 28.5 Å². The van der Waals surface area contributed by atoms with E-state index in [1.54, 1.807) is 6.20 Å². The third kappa shape index (κ3) is 2.16. The smallest absolute Gasteiger partial charge is 0.168 e. The van der Waals surface area contributed by atoms with E-state index in [0.717, 1.165) is 23.3 Å². The van der Waals surface area contributed by atoms with Crippen LogP contribution in [0.2, 0.25) is 5.02 Å². The third-order valence-corrected chi connectivity index (χ3v) is 3.17. The Labute approximate surface area is 102 Å². The lowest BCUT2D eigenvalue weighted by Crippen LogP contribution is -2.26. The molecule has 15 heavy (non-hydrogen) atoms. The SMILES string of the molecule is CCC1CC(Br)=NN1c1ncccc1Cl. The minimum absolute atomic E-state index is 0.353. The molecule has 1 aromatic rings. The second kappa shape index (κ2) is 4.49. The third-order valence-electron chi connectivity index (χ3n) is 2.39. The Bertz CT molecular complexity index is 394. The summed E-state index contributed by atoms with van der Waals surface area (Å²) in [5.74, 6) is 0.737. The highest BCUT2D eigenvalue weighted by Crippen LogP contribution is 2.30. The van der Waals surface area contributed by atoms with Gasteiger partial charge in [0.05, 0.1) is 11.1 Å². The number of hydrazone groups is 1. The Kier molecular flexibility index (Phi) is 3.26. The molecule has 1 aliphatic heterocycles. The van der Waals surface area contributed by atoms with Gasteiger partial charge in [0.2, 0.25) is 0 Å². The highest BCUT2D eigenvalue weighted by molar-refractivity contribution is 9.18. The molecule has 0 radical (unpaired) electrons. The lowest BCUT2D eigenvalue weighted by molar-refractivity contribution is 0.634. The zero-order valence-corrected chi connectivity index (χ0v) is 10.7. The van der Waals surface area contributed by atoms with Gasteiger partial charge in [-0.3, -0.25) is 0 Å². The largest absolute Gasteiger partial charge is 0.242 e. The molecular weight excluding hydrogens is 277 g/mol. The van der Waals surface area contributed by atoms with Crippen molar-refractivity contribution in [3.05, 3.63) is 23.4 Å². The first-order valence-electron chi connectivity index (χ1n) is 4.85. The number of aromatic nitrogens is 1. The van der Waals surface area contributed by atoms with Gasteiger partial charge in [0.25, 0.3) is 0 Å². The van der Waals surface area contributed by atoms with Gasteiger partial charge < -0.3 is 0 Å². The van der Waals surface area contributed by atoms with Crippen LogP contribution in [-0.2, 0) is 0 Å². The van der Waals surface area contributed by atoms with Crippen molar-refractivity contribution >= 4 is 38.0 Å². The summed E-state index contributed by atoms with van der Waals surface area (Å²) in [7, 11) is 0. The number of halogens is 2. The second-order valence-electron chi connectivity index (χ2n) is 3.40. The molecule has 2 rings (SSSR count). The summed E-state index contributed by atoms with van der Waals surface area (Å²) < 4.78 is 0.955. The molecule has 2 heterocycles. The Balaban J connectivity index is 2.34. The number of hydrogen-bond acceptors (Lipinski definition) is 3. The molecule has 3 nitrogen and oxygen atoms in total. The van der Waals surface area contributed by atoms with Crippen LogP contribution in [0.25, 0.3) is 0 Å². The summed E-state index contributed by atoms with van der Waals surface area (Å²) >= 11 is 9.50. The Morgan fingerprint density at radius 2 is 2.47 bits per heavy atom. The fourth-order valence-corrected chi connectivity index (χ4v) is 2.36. The van der Waals surface area contributed by atoms with E-state index in [1.165, 1.54) is 0 Å². The molecule has 0 saturated heterocycles. The van der Waals surface area contributed by atoms with Gasteiger partial charge in [-0.15, -0.1) is 0 Å². The van der Waals surface area contributed by atoms with Crippen LogP contribution >= 0.6 is 27.5 Å². The molecule has 0 aromatic carbocycles. The molecule has 1 atom stereocenters. The van der Waals surface area contributed by atoms with Crippen molar-refractivity contribution in [1.29, 1.82) is 0 Å². The molecule has 0 amide bonds. The predicted molar refractivity (Wildman–Crippen MR) is 66.8 cm³/mol. The number of nitrogens with zero attached hydrogens (tertiary/aromatic N) is 3. The minimum atomic E-state index is 0.353. The molecule has 0 fully saturated rings. The van der Waals surface area contributed by atoms with E-state index >= 15 is 0 Å². The fourth-order valence-electron chi connectivity index (χ4n) is 1.60. The van der Waals surface area contributed by atoms with Crippen LogP contribution in [0.5, 0.6) is 0 Å². The van der Waals surface area contributed by atoms with Gasteiger partial charge >= 0.3 is 0 Å². The molecule has 5 heteroatoms. The van der Waals surface area contributed by atoms with E-state index in [-0.39, 0.29) is 0 Å². The molecule has 0 bridgehead atoms. The van der Waals surface area contributed by atoms with Gasteiger partial charge in [-0.25, -0.2) is 9.99 Å². The average Bonchev–Trinajstić information content (AvgIpc) is 2.60. The normalized spacial score (nSPS) is 20.6. The van der Waals surface area contributed by atoms with Crippen molar-refractivity contribution < 1.29 is 0 Å². The van der Waals surface area contributed by atoms with E-state index < -0.39 is 0 Å². The minimum Gasteiger partial charge on any atom is -0.242 e. The van der Waals surface area contributed by atoms with Crippen LogP contribution in [0.1, 0.15) is 19.8 Å². The van der Waals surface area contributed by atoms with Gasteiger partial charge in [-0.05, 0) is 34.5 Å². The van der Waals surface area contributed by atoms with Crippen LogP contribution in [-0.4, -0.2) is 15.6 Å². The average molecular weight is 289 g/mol. The molecule has 0 N–H and O–H groups in total. The fraction of sp³-hybridized carbons (Fsp3) is 0.400. The zero-order valence-electron chi connectivity index (χ0n) is 8.32. The van der Waals surface area contributed by atoms with Gasteiger partial charge in [-0.2, -0.15) is 5.10 Å². The molecular formula is C10H11BrClN3. The number of pyridine rings is 1. The molecule has 1 aromatic heterocycles. The van der Waals surface area contributed by atoms with Crippen molar-refractivity contribution in [3.8, 4) is 0 Å². The van der Waals surface area contributed by atoms with Gasteiger partial charge in [0, 0.05) is 12.6 Å². The Morgan fingerprint density at radius 3 is 3.13 bits per heavy atom. The maximum absolute atomic E-state index is 6.09. The van der Waals surface area contributed by atoms with E-state index in [0.29, 0.717) is 11.1 Å². The first-order valence-corrected chi connectivity index (χ1v) is 6.02. The van der Waals surface area contributed by atoms with Crippen molar-refractivity contribution in [3.63, 3.8) is 0 Å². The van der Waals surface area contributed by atoms with Crippen molar-refractivity contribution in [2.24, 2.45) is 5.10 Å². The van der Waals surface area contributed by atoms with Crippen molar-refractivity contribution in [2.45, 2.75) is 25.8 Å². The molecule has 0 aliphatic carbocycles. The van der Waals surface area contributed by atoms with Gasteiger partial charge in [0.15, 0.2) is 5.82 Å². The maximum atomic E-state index is 6.09.